The number of thioether (sulfide) groups is 1. The quantitative estimate of drug-likeness (QED) is 0.644. The van der Waals surface area contributed by atoms with Gasteiger partial charge in [0, 0.05) is 24.9 Å². The molecule has 0 atom stereocenters. The number of hydrogen-bond donors (Lipinski definition) is 1. The van der Waals surface area contributed by atoms with Crippen molar-refractivity contribution in [3.05, 3.63) is 35.9 Å². The minimum Gasteiger partial charge on any atom is -0.357 e. The lowest BCUT2D eigenvalue weighted by Gasteiger charge is -2.25. The number of nitrogens with one attached hydrogen (secondary N) is 1. The van der Waals surface area contributed by atoms with Crippen LogP contribution in [0.5, 0.6) is 0 Å². The van der Waals surface area contributed by atoms with Crippen LogP contribution < -0.4 is 5.32 Å². The predicted molar refractivity (Wildman–Crippen MR) is 91.5 cm³/mol. The van der Waals surface area contributed by atoms with Crippen LogP contribution in [0.2, 0.25) is 0 Å². The molecule has 0 amide bonds. The van der Waals surface area contributed by atoms with E-state index in [1.807, 2.05) is 17.8 Å². The Morgan fingerprint density at radius 2 is 1.95 bits per heavy atom. The molecular formula is C16H27N3S. The lowest BCUT2D eigenvalue weighted by molar-refractivity contribution is 0.475. The van der Waals surface area contributed by atoms with Gasteiger partial charge in [0.1, 0.15) is 0 Å². The van der Waals surface area contributed by atoms with Gasteiger partial charge in [0.15, 0.2) is 5.96 Å². The maximum absolute atomic E-state index is 4.76. The van der Waals surface area contributed by atoms with Gasteiger partial charge in [-0.3, -0.25) is 4.99 Å². The van der Waals surface area contributed by atoms with E-state index in [1.165, 1.54) is 5.56 Å². The summed E-state index contributed by atoms with van der Waals surface area (Å²) in [5.41, 5.74) is 1.30. The SMILES string of the molecule is CCNC(=NCC(C)(C)SC)N(C)Cc1ccccc1. The molecule has 0 fully saturated rings. The molecule has 0 bridgehead atoms. The van der Waals surface area contributed by atoms with Crippen LogP contribution in [0.25, 0.3) is 0 Å². The van der Waals surface area contributed by atoms with Crippen LogP contribution in [0.15, 0.2) is 35.3 Å². The van der Waals surface area contributed by atoms with Crippen molar-refractivity contribution in [3.8, 4) is 0 Å². The molecule has 0 saturated carbocycles. The molecule has 0 aliphatic heterocycles. The zero-order valence-corrected chi connectivity index (χ0v) is 14.1. The molecule has 0 aliphatic rings. The Hall–Kier alpha value is -1.16. The molecule has 1 rings (SSSR count). The summed E-state index contributed by atoms with van der Waals surface area (Å²) in [4.78, 5) is 6.94. The largest absolute Gasteiger partial charge is 0.357 e. The van der Waals surface area contributed by atoms with Gasteiger partial charge in [-0.2, -0.15) is 11.8 Å². The van der Waals surface area contributed by atoms with Crippen LogP contribution in [0.1, 0.15) is 26.3 Å². The standard InChI is InChI=1S/C16H27N3S/c1-6-17-15(18-13-16(2,3)20-5)19(4)12-14-10-8-7-9-11-14/h7-11H,6,12-13H2,1-5H3,(H,17,18). The minimum atomic E-state index is 0.175. The number of benzene rings is 1. The Morgan fingerprint density at radius 1 is 1.30 bits per heavy atom. The van der Waals surface area contributed by atoms with Crippen molar-refractivity contribution in [2.45, 2.75) is 32.1 Å². The highest BCUT2D eigenvalue weighted by Crippen LogP contribution is 2.21. The molecule has 1 aromatic rings. The molecule has 0 unspecified atom stereocenters. The summed E-state index contributed by atoms with van der Waals surface area (Å²) in [7, 11) is 2.08. The molecule has 0 saturated heterocycles. The second-order valence-corrected chi connectivity index (χ2v) is 6.99. The summed E-state index contributed by atoms with van der Waals surface area (Å²) < 4.78 is 0.175. The van der Waals surface area contributed by atoms with Gasteiger partial charge in [-0.15, -0.1) is 0 Å². The Morgan fingerprint density at radius 3 is 2.50 bits per heavy atom. The van der Waals surface area contributed by atoms with E-state index in [9.17, 15) is 0 Å². The Labute approximate surface area is 127 Å². The zero-order chi connectivity index (χ0) is 15.0. The van der Waals surface area contributed by atoms with E-state index >= 15 is 0 Å². The molecule has 4 heteroatoms. The first-order valence-corrected chi connectivity index (χ1v) is 8.29. The van der Waals surface area contributed by atoms with Crippen molar-refractivity contribution in [1.82, 2.24) is 10.2 Å². The first kappa shape index (κ1) is 16.9. The fraction of sp³-hybridized carbons (Fsp3) is 0.562. The van der Waals surface area contributed by atoms with Gasteiger partial charge in [0.05, 0.1) is 6.54 Å². The first-order valence-electron chi connectivity index (χ1n) is 7.07. The topological polar surface area (TPSA) is 27.6 Å². The third-order valence-electron chi connectivity index (χ3n) is 3.12. The van der Waals surface area contributed by atoms with Crippen LogP contribution in [-0.4, -0.2) is 42.0 Å². The van der Waals surface area contributed by atoms with Gasteiger partial charge in [0.2, 0.25) is 0 Å². The van der Waals surface area contributed by atoms with Crippen molar-refractivity contribution in [2.75, 3.05) is 26.4 Å². The summed E-state index contributed by atoms with van der Waals surface area (Å²) in [5.74, 6) is 0.971. The molecule has 1 N–H and O–H groups in total. The van der Waals surface area contributed by atoms with E-state index < -0.39 is 0 Å². The molecule has 3 nitrogen and oxygen atoms in total. The van der Waals surface area contributed by atoms with E-state index in [0.29, 0.717) is 0 Å². The fourth-order valence-electron chi connectivity index (χ4n) is 1.73. The maximum atomic E-state index is 4.76. The molecule has 20 heavy (non-hydrogen) atoms. The normalized spacial score (nSPS) is 12.3. The van der Waals surface area contributed by atoms with Crippen LogP contribution in [0.3, 0.4) is 0 Å². The van der Waals surface area contributed by atoms with Crippen molar-refractivity contribution in [2.24, 2.45) is 4.99 Å². The molecule has 0 heterocycles. The molecule has 0 spiro atoms. The summed E-state index contributed by atoms with van der Waals surface area (Å²) >= 11 is 1.85. The molecule has 0 aliphatic carbocycles. The zero-order valence-electron chi connectivity index (χ0n) is 13.3. The third-order valence-corrected chi connectivity index (χ3v) is 4.36. The van der Waals surface area contributed by atoms with Crippen molar-refractivity contribution < 1.29 is 0 Å². The highest BCUT2D eigenvalue weighted by Gasteiger charge is 2.16. The highest BCUT2D eigenvalue weighted by atomic mass is 32.2. The van der Waals surface area contributed by atoms with Crippen molar-refractivity contribution >= 4 is 17.7 Å². The smallest absolute Gasteiger partial charge is 0.194 e. The average molecular weight is 293 g/mol. The van der Waals surface area contributed by atoms with Crippen molar-refractivity contribution in [1.29, 1.82) is 0 Å². The van der Waals surface area contributed by atoms with Gasteiger partial charge in [0.25, 0.3) is 0 Å². The molecule has 1 aromatic carbocycles. The van der Waals surface area contributed by atoms with Gasteiger partial charge in [-0.25, -0.2) is 0 Å². The Balaban J connectivity index is 2.71. The number of guanidine groups is 1. The minimum absolute atomic E-state index is 0.175. The predicted octanol–water partition coefficient (Wildman–Crippen LogP) is 3.23. The van der Waals surface area contributed by atoms with Gasteiger partial charge in [-0.1, -0.05) is 30.3 Å². The number of rotatable bonds is 6. The molecule has 112 valence electrons. The Kier molecular flexibility index (Phi) is 6.93. The molecular weight excluding hydrogens is 266 g/mol. The van der Waals surface area contributed by atoms with Gasteiger partial charge in [-0.05, 0) is 32.6 Å². The van der Waals surface area contributed by atoms with E-state index in [-0.39, 0.29) is 4.75 Å². The summed E-state index contributed by atoms with van der Waals surface area (Å²) in [6.07, 6.45) is 2.14. The van der Waals surface area contributed by atoms with Crippen LogP contribution >= 0.6 is 11.8 Å². The lowest BCUT2D eigenvalue weighted by atomic mass is 10.2. The second-order valence-electron chi connectivity index (χ2n) is 5.48. The highest BCUT2D eigenvalue weighted by molar-refractivity contribution is 7.99. The monoisotopic (exact) mass is 293 g/mol. The lowest BCUT2D eigenvalue weighted by Crippen LogP contribution is -2.39. The van der Waals surface area contributed by atoms with Crippen LogP contribution in [0, 0.1) is 0 Å². The fourth-order valence-corrected chi connectivity index (χ4v) is 1.93. The average Bonchev–Trinajstić information content (AvgIpc) is 2.44. The molecule has 0 aromatic heterocycles. The summed E-state index contributed by atoms with van der Waals surface area (Å²) in [6.45, 7) is 9.12. The second kappa shape index (κ2) is 8.20. The Bertz CT molecular complexity index is 415. The van der Waals surface area contributed by atoms with E-state index in [2.05, 4.69) is 68.6 Å². The number of nitrogens with zero attached hydrogens (tertiary/aromatic N) is 2. The maximum Gasteiger partial charge on any atom is 0.194 e. The van der Waals surface area contributed by atoms with E-state index in [0.717, 1.165) is 25.6 Å². The van der Waals surface area contributed by atoms with Gasteiger partial charge >= 0.3 is 0 Å². The van der Waals surface area contributed by atoms with Gasteiger partial charge < -0.3 is 10.2 Å². The third kappa shape index (κ3) is 5.87. The van der Waals surface area contributed by atoms with Crippen LogP contribution in [-0.2, 0) is 6.54 Å². The van der Waals surface area contributed by atoms with E-state index in [1.54, 1.807) is 0 Å². The first-order chi connectivity index (χ1) is 9.48. The van der Waals surface area contributed by atoms with Crippen molar-refractivity contribution in [3.63, 3.8) is 0 Å². The number of hydrogen-bond acceptors (Lipinski definition) is 2. The van der Waals surface area contributed by atoms with Crippen LogP contribution in [0.4, 0.5) is 0 Å². The van der Waals surface area contributed by atoms with E-state index in [4.69, 9.17) is 4.99 Å². The number of aliphatic imine (C=N–C) groups is 1. The summed E-state index contributed by atoms with van der Waals surface area (Å²) in [6, 6.07) is 10.5. The summed E-state index contributed by atoms with van der Waals surface area (Å²) in [5, 5.41) is 3.37. The molecule has 0 radical (unpaired) electrons.